The predicted molar refractivity (Wildman–Crippen MR) is 76.2 cm³/mol. The van der Waals surface area contributed by atoms with E-state index in [4.69, 9.17) is 9.15 Å². The Hall–Kier alpha value is -1.74. The fourth-order valence-corrected chi connectivity index (χ4v) is 1.91. The molecule has 0 amide bonds. The Morgan fingerprint density at radius 1 is 1.21 bits per heavy atom. The largest absolute Gasteiger partial charge is 0.491 e. The Kier molecular flexibility index (Phi) is 4.63. The SMILES string of the molecule is CC(C)Oc1cccc(C(C)NCc2ccoc2)c1. The molecule has 0 aliphatic rings. The van der Waals surface area contributed by atoms with Crippen LogP contribution in [0.1, 0.15) is 37.9 Å². The van der Waals surface area contributed by atoms with E-state index in [1.165, 1.54) is 5.56 Å². The molecule has 1 unspecified atom stereocenters. The summed E-state index contributed by atoms with van der Waals surface area (Å²) in [4.78, 5) is 0. The molecule has 1 aromatic carbocycles. The van der Waals surface area contributed by atoms with Crippen molar-refractivity contribution in [2.24, 2.45) is 0 Å². The molecule has 1 aromatic heterocycles. The van der Waals surface area contributed by atoms with Gasteiger partial charge in [-0.15, -0.1) is 0 Å². The Morgan fingerprint density at radius 3 is 2.74 bits per heavy atom. The lowest BCUT2D eigenvalue weighted by Crippen LogP contribution is -2.17. The van der Waals surface area contributed by atoms with Crippen molar-refractivity contribution in [1.29, 1.82) is 0 Å². The van der Waals surface area contributed by atoms with Gasteiger partial charge in [-0.1, -0.05) is 12.1 Å². The van der Waals surface area contributed by atoms with E-state index in [9.17, 15) is 0 Å². The molecule has 19 heavy (non-hydrogen) atoms. The van der Waals surface area contributed by atoms with Crippen LogP contribution in [0.3, 0.4) is 0 Å². The Balaban J connectivity index is 1.96. The molecule has 3 heteroatoms. The topological polar surface area (TPSA) is 34.4 Å². The lowest BCUT2D eigenvalue weighted by molar-refractivity contribution is 0.242. The molecule has 0 saturated carbocycles. The van der Waals surface area contributed by atoms with Crippen LogP contribution in [0.4, 0.5) is 0 Å². The molecule has 1 atom stereocenters. The minimum Gasteiger partial charge on any atom is -0.491 e. The van der Waals surface area contributed by atoms with Crippen LogP contribution in [-0.2, 0) is 6.54 Å². The third-order valence-corrected chi connectivity index (χ3v) is 2.92. The van der Waals surface area contributed by atoms with E-state index in [-0.39, 0.29) is 12.1 Å². The molecular weight excluding hydrogens is 238 g/mol. The smallest absolute Gasteiger partial charge is 0.120 e. The highest BCUT2D eigenvalue weighted by Gasteiger charge is 2.07. The van der Waals surface area contributed by atoms with E-state index >= 15 is 0 Å². The summed E-state index contributed by atoms with van der Waals surface area (Å²) in [6.07, 6.45) is 3.65. The van der Waals surface area contributed by atoms with E-state index in [0.717, 1.165) is 17.9 Å². The van der Waals surface area contributed by atoms with Crippen molar-refractivity contribution in [3.63, 3.8) is 0 Å². The maximum atomic E-state index is 5.71. The highest BCUT2D eigenvalue weighted by atomic mass is 16.5. The molecule has 0 bridgehead atoms. The van der Waals surface area contributed by atoms with E-state index in [2.05, 4.69) is 24.4 Å². The average Bonchev–Trinajstić information content (AvgIpc) is 2.88. The lowest BCUT2D eigenvalue weighted by Gasteiger charge is -2.16. The first-order valence-electron chi connectivity index (χ1n) is 6.66. The Labute approximate surface area is 114 Å². The van der Waals surface area contributed by atoms with Gasteiger partial charge in [0.2, 0.25) is 0 Å². The van der Waals surface area contributed by atoms with Gasteiger partial charge in [-0.05, 0) is 44.5 Å². The summed E-state index contributed by atoms with van der Waals surface area (Å²) in [5.74, 6) is 0.921. The summed E-state index contributed by atoms with van der Waals surface area (Å²) in [6.45, 7) is 7.02. The second-order valence-corrected chi connectivity index (χ2v) is 4.97. The molecule has 0 fully saturated rings. The van der Waals surface area contributed by atoms with Crippen molar-refractivity contribution in [1.82, 2.24) is 5.32 Å². The molecule has 0 aliphatic heterocycles. The number of furan rings is 1. The van der Waals surface area contributed by atoms with Gasteiger partial charge in [-0.3, -0.25) is 0 Å². The van der Waals surface area contributed by atoms with Crippen molar-refractivity contribution in [3.8, 4) is 5.75 Å². The molecule has 0 spiro atoms. The molecule has 1 heterocycles. The molecule has 102 valence electrons. The van der Waals surface area contributed by atoms with Crippen LogP contribution in [0.25, 0.3) is 0 Å². The zero-order valence-corrected chi connectivity index (χ0v) is 11.7. The van der Waals surface area contributed by atoms with Gasteiger partial charge >= 0.3 is 0 Å². The quantitative estimate of drug-likeness (QED) is 0.854. The maximum absolute atomic E-state index is 5.71. The highest BCUT2D eigenvalue weighted by molar-refractivity contribution is 5.30. The number of rotatable bonds is 6. The van der Waals surface area contributed by atoms with Gasteiger partial charge in [0.1, 0.15) is 5.75 Å². The standard InChI is InChI=1S/C16H21NO2/c1-12(2)19-16-6-4-5-15(9-16)13(3)17-10-14-7-8-18-11-14/h4-9,11-13,17H,10H2,1-3H3. The second-order valence-electron chi connectivity index (χ2n) is 4.97. The zero-order valence-electron chi connectivity index (χ0n) is 11.7. The molecule has 0 radical (unpaired) electrons. The van der Waals surface area contributed by atoms with Crippen molar-refractivity contribution in [2.45, 2.75) is 39.5 Å². The van der Waals surface area contributed by atoms with E-state index in [1.807, 2.05) is 32.0 Å². The minimum atomic E-state index is 0.199. The number of ether oxygens (including phenoxy) is 1. The fourth-order valence-electron chi connectivity index (χ4n) is 1.91. The van der Waals surface area contributed by atoms with Gasteiger partial charge in [0.05, 0.1) is 18.6 Å². The zero-order chi connectivity index (χ0) is 13.7. The van der Waals surface area contributed by atoms with Crippen molar-refractivity contribution >= 4 is 0 Å². The number of nitrogens with one attached hydrogen (secondary N) is 1. The van der Waals surface area contributed by atoms with Crippen LogP contribution in [0.5, 0.6) is 5.75 Å². The van der Waals surface area contributed by atoms with Gasteiger partial charge in [0.25, 0.3) is 0 Å². The van der Waals surface area contributed by atoms with Crippen LogP contribution in [0, 0.1) is 0 Å². The molecule has 2 rings (SSSR count). The Bertz CT molecular complexity index is 491. The minimum absolute atomic E-state index is 0.199. The van der Waals surface area contributed by atoms with Crippen LogP contribution in [-0.4, -0.2) is 6.10 Å². The van der Waals surface area contributed by atoms with Crippen molar-refractivity contribution < 1.29 is 9.15 Å². The summed E-state index contributed by atoms with van der Waals surface area (Å²) in [5.41, 5.74) is 2.38. The number of hydrogen-bond donors (Lipinski definition) is 1. The molecule has 2 aromatic rings. The van der Waals surface area contributed by atoms with Crippen LogP contribution in [0.2, 0.25) is 0 Å². The fraction of sp³-hybridized carbons (Fsp3) is 0.375. The molecular formula is C16H21NO2. The maximum Gasteiger partial charge on any atom is 0.120 e. The summed E-state index contributed by atoms with van der Waals surface area (Å²) in [7, 11) is 0. The van der Waals surface area contributed by atoms with E-state index < -0.39 is 0 Å². The van der Waals surface area contributed by atoms with Crippen molar-refractivity contribution in [2.75, 3.05) is 0 Å². The molecule has 0 saturated heterocycles. The monoisotopic (exact) mass is 259 g/mol. The van der Waals surface area contributed by atoms with E-state index in [1.54, 1.807) is 12.5 Å². The average molecular weight is 259 g/mol. The van der Waals surface area contributed by atoms with Gasteiger partial charge in [-0.25, -0.2) is 0 Å². The number of hydrogen-bond acceptors (Lipinski definition) is 3. The van der Waals surface area contributed by atoms with Crippen LogP contribution >= 0.6 is 0 Å². The normalized spacial score (nSPS) is 12.6. The lowest BCUT2D eigenvalue weighted by atomic mass is 10.1. The Morgan fingerprint density at radius 2 is 2.05 bits per heavy atom. The highest BCUT2D eigenvalue weighted by Crippen LogP contribution is 2.20. The predicted octanol–water partition coefficient (Wildman–Crippen LogP) is 3.92. The van der Waals surface area contributed by atoms with Gasteiger partial charge in [-0.2, -0.15) is 0 Å². The summed E-state index contributed by atoms with van der Waals surface area (Å²) >= 11 is 0. The second kappa shape index (κ2) is 6.43. The summed E-state index contributed by atoms with van der Waals surface area (Å²) in [6, 6.07) is 10.5. The first-order valence-corrected chi connectivity index (χ1v) is 6.66. The summed E-state index contributed by atoms with van der Waals surface area (Å²) in [5, 5.41) is 3.47. The van der Waals surface area contributed by atoms with Crippen LogP contribution in [0.15, 0.2) is 47.3 Å². The molecule has 3 nitrogen and oxygen atoms in total. The third kappa shape index (κ3) is 4.14. The van der Waals surface area contributed by atoms with Crippen molar-refractivity contribution in [3.05, 3.63) is 54.0 Å². The summed E-state index contributed by atoms with van der Waals surface area (Å²) < 4.78 is 10.8. The van der Waals surface area contributed by atoms with Gasteiger partial charge in [0.15, 0.2) is 0 Å². The third-order valence-electron chi connectivity index (χ3n) is 2.92. The van der Waals surface area contributed by atoms with Crippen LogP contribution < -0.4 is 10.1 Å². The first-order chi connectivity index (χ1) is 9.15. The van der Waals surface area contributed by atoms with Gasteiger partial charge < -0.3 is 14.5 Å². The molecule has 1 N–H and O–H groups in total. The number of benzene rings is 1. The molecule has 0 aliphatic carbocycles. The van der Waals surface area contributed by atoms with E-state index in [0.29, 0.717) is 0 Å². The first kappa shape index (κ1) is 13.7. The van der Waals surface area contributed by atoms with Gasteiger partial charge in [0, 0.05) is 18.2 Å².